The van der Waals surface area contributed by atoms with Crippen LogP contribution in [-0.2, 0) is 9.53 Å². The number of esters is 1. The summed E-state index contributed by atoms with van der Waals surface area (Å²) in [5, 5.41) is 0. The number of allylic oxidation sites excluding steroid dienone is 2. The molecule has 0 bridgehead atoms. The van der Waals surface area contributed by atoms with E-state index in [-0.39, 0.29) is 5.97 Å². The monoisotopic (exact) mass is 206 g/mol. The molecule has 0 aliphatic heterocycles. The summed E-state index contributed by atoms with van der Waals surface area (Å²) >= 11 is 0. The van der Waals surface area contributed by atoms with Crippen molar-refractivity contribution in [1.29, 1.82) is 0 Å². The minimum atomic E-state index is -0.126. The second kappa shape index (κ2) is 4.21. The number of ether oxygens (including phenoxy) is 1. The first kappa shape index (κ1) is 10.5. The zero-order valence-electron chi connectivity index (χ0n) is 9.51. The Morgan fingerprint density at radius 1 is 1.53 bits per heavy atom. The fourth-order valence-electron chi connectivity index (χ4n) is 2.59. The van der Waals surface area contributed by atoms with Crippen LogP contribution in [0.25, 0.3) is 0 Å². The normalized spacial score (nSPS) is 24.9. The predicted octanol–water partition coefficient (Wildman–Crippen LogP) is 3.00. The first-order chi connectivity index (χ1) is 7.24. The van der Waals surface area contributed by atoms with Gasteiger partial charge in [-0.05, 0) is 44.1 Å². The summed E-state index contributed by atoms with van der Waals surface area (Å²) in [4.78, 5) is 11.7. The molecule has 0 fully saturated rings. The number of hydrogen-bond donors (Lipinski definition) is 0. The van der Waals surface area contributed by atoms with Crippen molar-refractivity contribution in [2.45, 2.75) is 39.5 Å². The summed E-state index contributed by atoms with van der Waals surface area (Å²) in [7, 11) is 0. The standard InChI is InChI=1S/C13H18O2/c1-3-15-13(14)12-8-7-9(2)10-5-4-6-11(10)12/h8-9H,3-7H2,1-2H3. The van der Waals surface area contributed by atoms with Gasteiger partial charge >= 0.3 is 5.97 Å². The first-order valence-corrected chi connectivity index (χ1v) is 5.83. The van der Waals surface area contributed by atoms with E-state index in [1.54, 1.807) is 0 Å². The van der Waals surface area contributed by atoms with Gasteiger partial charge in [0.15, 0.2) is 0 Å². The molecule has 0 heterocycles. The summed E-state index contributed by atoms with van der Waals surface area (Å²) in [5.41, 5.74) is 3.63. The highest BCUT2D eigenvalue weighted by atomic mass is 16.5. The molecule has 82 valence electrons. The van der Waals surface area contributed by atoms with E-state index in [0.717, 1.165) is 18.4 Å². The lowest BCUT2D eigenvalue weighted by molar-refractivity contribution is -0.138. The molecule has 0 aromatic heterocycles. The van der Waals surface area contributed by atoms with Crippen LogP contribution in [0.15, 0.2) is 22.8 Å². The quantitative estimate of drug-likeness (QED) is 0.649. The predicted molar refractivity (Wildman–Crippen MR) is 59.4 cm³/mol. The number of carbonyl (C=O) groups excluding carboxylic acids is 1. The lowest BCUT2D eigenvalue weighted by Crippen LogP contribution is -2.14. The molecule has 2 aliphatic carbocycles. The maximum absolute atomic E-state index is 11.7. The summed E-state index contributed by atoms with van der Waals surface area (Å²) in [5.74, 6) is 0.500. The highest BCUT2D eigenvalue weighted by molar-refractivity contribution is 5.94. The molecule has 1 unspecified atom stereocenters. The van der Waals surface area contributed by atoms with Crippen molar-refractivity contribution in [3.63, 3.8) is 0 Å². The Bertz CT molecular complexity index is 336. The van der Waals surface area contributed by atoms with Crippen LogP contribution in [0.3, 0.4) is 0 Å². The van der Waals surface area contributed by atoms with E-state index in [1.165, 1.54) is 24.0 Å². The minimum absolute atomic E-state index is 0.126. The van der Waals surface area contributed by atoms with Crippen LogP contribution in [0.4, 0.5) is 0 Å². The van der Waals surface area contributed by atoms with E-state index in [1.807, 2.05) is 6.92 Å². The van der Waals surface area contributed by atoms with Crippen molar-refractivity contribution < 1.29 is 9.53 Å². The lowest BCUT2D eigenvalue weighted by Gasteiger charge is -2.21. The van der Waals surface area contributed by atoms with Gasteiger partial charge in [0.2, 0.25) is 0 Å². The van der Waals surface area contributed by atoms with Crippen molar-refractivity contribution in [2.75, 3.05) is 6.61 Å². The molecule has 2 rings (SSSR count). The Morgan fingerprint density at radius 2 is 2.33 bits per heavy atom. The highest BCUT2D eigenvalue weighted by Gasteiger charge is 2.28. The van der Waals surface area contributed by atoms with E-state index in [4.69, 9.17) is 4.74 Å². The molecule has 0 radical (unpaired) electrons. The Labute approximate surface area is 91.0 Å². The number of carbonyl (C=O) groups is 1. The van der Waals surface area contributed by atoms with E-state index < -0.39 is 0 Å². The maximum atomic E-state index is 11.7. The molecule has 2 aliphatic rings. The Kier molecular flexibility index (Phi) is 2.94. The van der Waals surface area contributed by atoms with Gasteiger partial charge < -0.3 is 4.74 Å². The topological polar surface area (TPSA) is 26.3 Å². The second-order valence-electron chi connectivity index (χ2n) is 4.33. The van der Waals surface area contributed by atoms with Gasteiger partial charge in [0.25, 0.3) is 0 Å². The van der Waals surface area contributed by atoms with Crippen molar-refractivity contribution in [2.24, 2.45) is 5.92 Å². The number of rotatable bonds is 2. The van der Waals surface area contributed by atoms with Crippen LogP contribution in [0, 0.1) is 5.92 Å². The van der Waals surface area contributed by atoms with Crippen LogP contribution in [-0.4, -0.2) is 12.6 Å². The van der Waals surface area contributed by atoms with Gasteiger partial charge in [0.05, 0.1) is 12.2 Å². The summed E-state index contributed by atoms with van der Waals surface area (Å²) in [6, 6.07) is 0. The van der Waals surface area contributed by atoms with Gasteiger partial charge in [-0.2, -0.15) is 0 Å². The third-order valence-electron chi connectivity index (χ3n) is 3.35. The zero-order valence-corrected chi connectivity index (χ0v) is 9.51. The van der Waals surface area contributed by atoms with Crippen molar-refractivity contribution in [3.05, 3.63) is 22.8 Å². The molecular weight excluding hydrogens is 188 g/mol. The van der Waals surface area contributed by atoms with Crippen LogP contribution in [0.2, 0.25) is 0 Å². The first-order valence-electron chi connectivity index (χ1n) is 5.83. The molecule has 0 saturated heterocycles. The van der Waals surface area contributed by atoms with Crippen molar-refractivity contribution in [1.82, 2.24) is 0 Å². The van der Waals surface area contributed by atoms with Crippen LogP contribution in [0.5, 0.6) is 0 Å². The SMILES string of the molecule is CCOC(=O)C1=CCC(C)C2=C1CCC2. The van der Waals surface area contributed by atoms with E-state index in [9.17, 15) is 4.79 Å². The van der Waals surface area contributed by atoms with Gasteiger partial charge in [0.1, 0.15) is 0 Å². The average Bonchev–Trinajstić information content (AvgIpc) is 2.68. The van der Waals surface area contributed by atoms with Crippen LogP contribution >= 0.6 is 0 Å². The lowest BCUT2D eigenvalue weighted by atomic mass is 9.85. The summed E-state index contributed by atoms with van der Waals surface area (Å²) < 4.78 is 5.08. The molecule has 0 aromatic rings. The second-order valence-corrected chi connectivity index (χ2v) is 4.33. The van der Waals surface area contributed by atoms with Crippen molar-refractivity contribution >= 4 is 5.97 Å². The third-order valence-corrected chi connectivity index (χ3v) is 3.35. The van der Waals surface area contributed by atoms with Gasteiger partial charge in [-0.3, -0.25) is 0 Å². The maximum Gasteiger partial charge on any atom is 0.338 e. The molecule has 1 atom stereocenters. The van der Waals surface area contributed by atoms with Crippen LogP contribution in [0.1, 0.15) is 39.5 Å². The molecule has 15 heavy (non-hydrogen) atoms. The largest absolute Gasteiger partial charge is 0.462 e. The molecule has 0 aromatic carbocycles. The molecule has 2 nitrogen and oxygen atoms in total. The van der Waals surface area contributed by atoms with Gasteiger partial charge in [-0.15, -0.1) is 0 Å². The molecule has 0 N–H and O–H groups in total. The molecule has 2 heteroatoms. The Balaban J connectivity index is 2.23. The molecule has 0 amide bonds. The molecule has 0 saturated carbocycles. The molecular formula is C13H18O2. The third kappa shape index (κ3) is 1.85. The van der Waals surface area contributed by atoms with E-state index >= 15 is 0 Å². The number of hydrogen-bond acceptors (Lipinski definition) is 2. The highest BCUT2D eigenvalue weighted by Crippen LogP contribution is 2.40. The fraction of sp³-hybridized carbons (Fsp3) is 0.615. The van der Waals surface area contributed by atoms with Crippen molar-refractivity contribution in [3.8, 4) is 0 Å². The van der Waals surface area contributed by atoms with Gasteiger partial charge in [-0.1, -0.05) is 18.6 Å². The zero-order chi connectivity index (χ0) is 10.8. The Hall–Kier alpha value is -1.05. The van der Waals surface area contributed by atoms with E-state index in [0.29, 0.717) is 12.5 Å². The summed E-state index contributed by atoms with van der Waals surface area (Å²) in [6.07, 6.45) is 6.49. The fourth-order valence-corrected chi connectivity index (χ4v) is 2.59. The average molecular weight is 206 g/mol. The minimum Gasteiger partial charge on any atom is -0.462 e. The van der Waals surface area contributed by atoms with Gasteiger partial charge in [-0.25, -0.2) is 4.79 Å². The smallest absolute Gasteiger partial charge is 0.338 e. The van der Waals surface area contributed by atoms with E-state index in [2.05, 4.69) is 13.0 Å². The Morgan fingerprint density at radius 3 is 3.07 bits per heavy atom. The van der Waals surface area contributed by atoms with Crippen LogP contribution < -0.4 is 0 Å². The summed E-state index contributed by atoms with van der Waals surface area (Å²) in [6.45, 7) is 4.57. The molecule has 0 spiro atoms. The van der Waals surface area contributed by atoms with Gasteiger partial charge in [0, 0.05) is 0 Å².